The zero-order valence-electron chi connectivity index (χ0n) is 12.5. The number of hydrogen-bond donors (Lipinski definition) is 2. The Morgan fingerprint density at radius 3 is 2.50 bits per heavy atom. The van der Waals surface area contributed by atoms with Crippen LogP contribution in [0.15, 0.2) is 48.5 Å². The number of methoxy groups -OCH3 is 1. The summed E-state index contributed by atoms with van der Waals surface area (Å²) < 4.78 is 5.16. The van der Waals surface area contributed by atoms with Crippen LogP contribution >= 0.6 is 12.4 Å². The van der Waals surface area contributed by atoms with E-state index in [2.05, 4.69) is 11.4 Å². The Labute approximate surface area is 137 Å². The van der Waals surface area contributed by atoms with Gasteiger partial charge in [-0.3, -0.25) is 4.79 Å². The maximum atomic E-state index is 11.4. The molecule has 0 saturated heterocycles. The van der Waals surface area contributed by atoms with Crippen molar-refractivity contribution < 1.29 is 9.53 Å². The van der Waals surface area contributed by atoms with Gasteiger partial charge in [0, 0.05) is 19.5 Å². The van der Waals surface area contributed by atoms with Crippen molar-refractivity contribution in [2.24, 2.45) is 5.73 Å². The fourth-order valence-corrected chi connectivity index (χ4v) is 2.06. The van der Waals surface area contributed by atoms with E-state index in [-0.39, 0.29) is 18.3 Å². The lowest BCUT2D eigenvalue weighted by atomic mass is 10.0. The number of benzene rings is 2. The maximum absolute atomic E-state index is 11.4. The summed E-state index contributed by atoms with van der Waals surface area (Å²) in [7, 11) is 1.65. The van der Waals surface area contributed by atoms with Gasteiger partial charge in [-0.05, 0) is 34.9 Å². The van der Waals surface area contributed by atoms with Crippen LogP contribution in [0.4, 0.5) is 0 Å². The van der Waals surface area contributed by atoms with E-state index in [1.807, 2.05) is 42.5 Å². The SMILES string of the molecule is COc1ccc(-c2cccc(CNC(=O)CCN)c2)cc1.Cl. The third-order valence-corrected chi connectivity index (χ3v) is 3.21. The van der Waals surface area contributed by atoms with E-state index in [0.29, 0.717) is 19.5 Å². The summed E-state index contributed by atoms with van der Waals surface area (Å²) in [6.07, 6.45) is 0.359. The molecular formula is C17H21ClN2O2. The van der Waals surface area contributed by atoms with Crippen LogP contribution in [-0.2, 0) is 11.3 Å². The van der Waals surface area contributed by atoms with Gasteiger partial charge in [0.15, 0.2) is 0 Å². The molecule has 3 N–H and O–H groups in total. The minimum Gasteiger partial charge on any atom is -0.497 e. The lowest BCUT2D eigenvalue weighted by Crippen LogP contribution is -2.24. The number of rotatable bonds is 6. The van der Waals surface area contributed by atoms with E-state index in [9.17, 15) is 4.79 Å². The first-order valence-corrected chi connectivity index (χ1v) is 6.93. The third kappa shape index (κ3) is 5.06. The lowest BCUT2D eigenvalue weighted by Gasteiger charge is -2.08. The number of carbonyl (C=O) groups is 1. The fourth-order valence-electron chi connectivity index (χ4n) is 2.06. The highest BCUT2D eigenvalue weighted by Gasteiger charge is 2.02. The molecule has 0 spiro atoms. The van der Waals surface area contributed by atoms with E-state index < -0.39 is 0 Å². The molecule has 0 atom stereocenters. The predicted octanol–water partition coefficient (Wildman–Crippen LogP) is 2.75. The molecule has 0 unspecified atom stereocenters. The zero-order chi connectivity index (χ0) is 15.1. The van der Waals surface area contributed by atoms with Gasteiger partial charge >= 0.3 is 0 Å². The van der Waals surface area contributed by atoms with E-state index in [1.54, 1.807) is 7.11 Å². The number of amides is 1. The van der Waals surface area contributed by atoms with E-state index in [0.717, 1.165) is 22.4 Å². The summed E-state index contributed by atoms with van der Waals surface area (Å²) in [4.78, 5) is 11.4. The smallest absolute Gasteiger partial charge is 0.221 e. The number of hydrogen-bond acceptors (Lipinski definition) is 3. The molecule has 0 heterocycles. The molecular weight excluding hydrogens is 300 g/mol. The van der Waals surface area contributed by atoms with Crippen molar-refractivity contribution in [3.05, 3.63) is 54.1 Å². The zero-order valence-corrected chi connectivity index (χ0v) is 13.4. The number of nitrogens with one attached hydrogen (secondary N) is 1. The van der Waals surface area contributed by atoms with Gasteiger partial charge in [0.2, 0.25) is 5.91 Å². The van der Waals surface area contributed by atoms with E-state index >= 15 is 0 Å². The van der Waals surface area contributed by atoms with Crippen molar-refractivity contribution in [1.29, 1.82) is 0 Å². The van der Waals surface area contributed by atoms with Crippen LogP contribution in [0.3, 0.4) is 0 Å². The van der Waals surface area contributed by atoms with Crippen LogP contribution in [0.25, 0.3) is 11.1 Å². The summed E-state index contributed by atoms with van der Waals surface area (Å²) in [6, 6.07) is 16.0. The molecule has 0 saturated carbocycles. The highest BCUT2D eigenvalue weighted by Crippen LogP contribution is 2.23. The van der Waals surface area contributed by atoms with Crippen LogP contribution in [0.2, 0.25) is 0 Å². The number of carbonyl (C=O) groups excluding carboxylic acids is 1. The van der Waals surface area contributed by atoms with Gasteiger partial charge in [-0.15, -0.1) is 12.4 Å². The van der Waals surface area contributed by atoms with Gasteiger partial charge in [0.25, 0.3) is 0 Å². The summed E-state index contributed by atoms with van der Waals surface area (Å²) in [5.41, 5.74) is 8.65. The maximum Gasteiger partial charge on any atom is 0.221 e. The monoisotopic (exact) mass is 320 g/mol. The second-order valence-electron chi connectivity index (χ2n) is 4.74. The normalized spacial score (nSPS) is 9.73. The van der Waals surface area contributed by atoms with Crippen molar-refractivity contribution in [2.75, 3.05) is 13.7 Å². The highest BCUT2D eigenvalue weighted by molar-refractivity contribution is 5.85. The summed E-state index contributed by atoms with van der Waals surface area (Å²) in [6.45, 7) is 0.889. The largest absolute Gasteiger partial charge is 0.497 e. The first-order chi connectivity index (χ1) is 10.2. The topological polar surface area (TPSA) is 64.3 Å². The molecule has 0 aliphatic carbocycles. The lowest BCUT2D eigenvalue weighted by molar-refractivity contribution is -0.121. The average Bonchev–Trinajstić information content (AvgIpc) is 2.54. The predicted molar refractivity (Wildman–Crippen MR) is 91.2 cm³/mol. The van der Waals surface area contributed by atoms with E-state index in [1.165, 1.54) is 0 Å². The van der Waals surface area contributed by atoms with Crippen molar-refractivity contribution in [1.82, 2.24) is 5.32 Å². The second-order valence-corrected chi connectivity index (χ2v) is 4.74. The number of ether oxygens (including phenoxy) is 1. The molecule has 2 aromatic carbocycles. The minimum absolute atomic E-state index is 0. The van der Waals surface area contributed by atoms with Gasteiger partial charge in [0.1, 0.15) is 5.75 Å². The molecule has 118 valence electrons. The number of nitrogens with two attached hydrogens (primary N) is 1. The second kappa shape index (κ2) is 9.07. The van der Waals surface area contributed by atoms with Crippen LogP contribution in [0.1, 0.15) is 12.0 Å². The van der Waals surface area contributed by atoms with Gasteiger partial charge in [-0.2, -0.15) is 0 Å². The highest BCUT2D eigenvalue weighted by atomic mass is 35.5. The molecule has 1 amide bonds. The molecule has 0 fully saturated rings. The Bertz CT molecular complexity index is 600. The van der Waals surface area contributed by atoms with Gasteiger partial charge in [-0.25, -0.2) is 0 Å². The van der Waals surface area contributed by atoms with Crippen LogP contribution in [-0.4, -0.2) is 19.6 Å². The molecule has 0 aliphatic heterocycles. The van der Waals surface area contributed by atoms with Crippen molar-refractivity contribution in [2.45, 2.75) is 13.0 Å². The standard InChI is InChI=1S/C17H20N2O2.ClH/c1-21-16-7-5-14(6-8-16)15-4-2-3-13(11-15)12-19-17(20)9-10-18;/h2-8,11H,9-10,12,18H2,1H3,(H,19,20);1H. The fraction of sp³-hybridized carbons (Fsp3) is 0.235. The Kier molecular flexibility index (Phi) is 7.43. The number of halogens is 1. The Balaban J connectivity index is 0.00000242. The molecule has 0 aromatic heterocycles. The molecule has 2 rings (SSSR count). The quantitative estimate of drug-likeness (QED) is 0.860. The van der Waals surface area contributed by atoms with Gasteiger partial charge < -0.3 is 15.8 Å². The summed E-state index contributed by atoms with van der Waals surface area (Å²) in [5, 5.41) is 2.86. The molecule has 0 aliphatic rings. The molecule has 4 nitrogen and oxygen atoms in total. The third-order valence-electron chi connectivity index (χ3n) is 3.21. The Hall–Kier alpha value is -2.04. The Morgan fingerprint density at radius 1 is 1.14 bits per heavy atom. The van der Waals surface area contributed by atoms with Crippen molar-refractivity contribution in [3.8, 4) is 16.9 Å². The van der Waals surface area contributed by atoms with Crippen LogP contribution in [0.5, 0.6) is 5.75 Å². The van der Waals surface area contributed by atoms with Gasteiger partial charge in [-0.1, -0.05) is 30.3 Å². The van der Waals surface area contributed by atoms with Crippen LogP contribution in [0, 0.1) is 0 Å². The Morgan fingerprint density at radius 2 is 1.86 bits per heavy atom. The van der Waals surface area contributed by atoms with Crippen molar-refractivity contribution >= 4 is 18.3 Å². The first kappa shape index (κ1) is 18.0. The summed E-state index contributed by atoms with van der Waals surface area (Å²) >= 11 is 0. The van der Waals surface area contributed by atoms with Crippen LogP contribution < -0.4 is 15.8 Å². The molecule has 22 heavy (non-hydrogen) atoms. The molecule has 0 bridgehead atoms. The van der Waals surface area contributed by atoms with Gasteiger partial charge in [0.05, 0.1) is 7.11 Å². The minimum atomic E-state index is -0.0210. The molecule has 0 radical (unpaired) electrons. The first-order valence-electron chi connectivity index (χ1n) is 6.93. The van der Waals surface area contributed by atoms with Crippen molar-refractivity contribution in [3.63, 3.8) is 0 Å². The molecule has 5 heteroatoms. The van der Waals surface area contributed by atoms with E-state index in [4.69, 9.17) is 10.5 Å². The average molecular weight is 321 g/mol. The summed E-state index contributed by atoms with van der Waals surface area (Å²) in [5.74, 6) is 0.816. The molecule has 2 aromatic rings.